The van der Waals surface area contributed by atoms with Gasteiger partial charge in [-0.1, -0.05) is 18.2 Å². The van der Waals surface area contributed by atoms with Crippen LogP contribution in [-0.2, 0) is 9.53 Å². The molecule has 1 N–H and O–H groups in total. The molecule has 5 heteroatoms. The average molecular weight is 289 g/mol. The second-order valence-corrected chi connectivity index (χ2v) is 5.65. The third-order valence-electron chi connectivity index (χ3n) is 4.29. The summed E-state index contributed by atoms with van der Waals surface area (Å²) in [7, 11) is 0. The fraction of sp³-hybridized carbons (Fsp3) is 0.500. The van der Waals surface area contributed by atoms with Gasteiger partial charge in [0.1, 0.15) is 0 Å². The third-order valence-corrected chi connectivity index (χ3v) is 4.29. The molecule has 3 atom stereocenters. The first-order valence-corrected chi connectivity index (χ1v) is 7.41. The predicted molar refractivity (Wildman–Crippen MR) is 75.6 cm³/mol. The molecule has 2 fully saturated rings. The number of piperidine rings is 2. The Morgan fingerprint density at radius 3 is 2.71 bits per heavy atom. The number of fused-ring (bicyclic) bond motifs is 1. The van der Waals surface area contributed by atoms with Gasteiger partial charge in [0.2, 0.25) is 0 Å². The molecule has 2 aliphatic rings. The van der Waals surface area contributed by atoms with Crippen LogP contribution in [0.5, 0.6) is 0 Å². The molecule has 2 heterocycles. The number of benzene rings is 1. The zero-order valence-corrected chi connectivity index (χ0v) is 11.8. The molecule has 1 aromatic carbocycles. The minimum Gasteiger partial charge on any atom is -0.449 e. The number of carbonyl (C=O) groups is 2. The van der Waals surface area contributed by atoms with Crippen LogP contribution in [0.15, 0.2) is 30.3 Å². The maximum atomic E-state index is 12.4. The van der Waals surface area contributed by atoms with Crippen molar-refractivity contribution in [3.63, 3.8) is 0 Å². The van der Waals surface area contributed by atoms with Crippen molar-refractivity contribution in [3.8, 4) is 0 Å². The highest BCUT2D eigenvalue weighted by Crippen LogP contribution is 2.29. The summed E-state index contributed by atoms with van der Waals surface area (Å²) in [6.07, 6.45) is 1.52. The van der Waals surface area contributed by atoms with Crippen molar-refractivity contribution in [2.24, 2.45) is 0 Å². The molecular weight excluding hydrogens is 270 g/mol. The van der Waals surface area contributed by atoms with Crippen molar-refractivity contribution in [1.82, 2.24) is 4.90 Å². The van der Waals surface area contributed by atoms with Gasteiger partial charge >= 0.3 is 5.97 Å². The Morgan fingerprint density at radius 1 is 1.19 bits per heavy atom. The summed E-state index contributed by atoms with van der Waals surface area (Å²) in [5.74, 6) is -0.640. The molecule has 2 aliphatic heterocycles. The first-order chi connectivity index (χ1) is 10.2. The number of ether oxygens (including phenoxy) is 1. The lowest BCUT2D eigenvalue weighted by Gasteiger charge is -2.44. The topological polar surface area (TPSA) is 66.8 Å². The molecule has 5 nitrogen and oxygen atoms in total. The Hall–Kier alpha value is -1.88. The number of hydrogen-bond donors (Lipinski definition) is 1. The van der Waals surface area contributed by atoms with Crippen molar-refractivity contribution >= 4 is 11.9 Å². The zero-order valence-electron chi connectivity index (χ0n) is 11.8. The van der Waals surface area contributed by atoms with E-state index in [-0.39, 0.29) is 11.9 Å². The molecular formula is C16H19NO4. The molecule has 0 saturated carbocycles. The second kappa shape index (κ2) is 5.85. The third kappa shape index (κ3) is 2.78. The van der Waals surface area contributed by atoms with Crippen molar-refractivity contribution in [2.75, 3.05) is 6.54 Å². The van der Waals surface area contributed by atoms with Crippen LogP contribution in [-0.4, -0.2) is 46.7 Å². The van der Waals surface area contributed by atoms with Gasteiger partial charge in [0.25, 0.3) is 5.91 Å². The van der Waals surface area contributed by atoms with Crippen LogP contribution in [0.3, 0.4) is 0 Å². The summed E-state index contributed by atoms with van der Waals surface area (Å²) in [4.78, 5) is 26.1. The van der Waals surface area contributed by atoms with Gasteiger partial charge < -0.3 is 14.7 Å². The quantitative estimate of drug-likeness (QED) is 0.835. The number of rotatable bonds is 2. The van der Waals surface area contributed by atoms with E-state index in [9.17, 15) is 14.7 Å². The fourth-order valence-electron chi connectivity index (χ4n) is 3.17. The summed E-state index contributed by atoms with van der Waals surface area (Å²) in [5.41, 5.74) is 0.450. The van der Waals surface area contributed by atoms with Crippen molar-refractivity contribution in [2.45, 2.75) is 43.9 Å². The number of aliphatic hydroxyl groups excluding tert-OH is 1. The van der Waals surface area contributed by atoms with Crippen LogP contribution < -0.4 is 0 Å². The van der Waals surface area contributed by atoms with Crippen LogP contribution in [0.25, 0.3) is 0 Å². The largest absolute Gasteiger partial charge is 0.449 e. The summed E-state index contributed by atoms with van der Waals surface area (Å²) in [6, 6.07) is 8.57. The van der Waals surface area contributed by atoms with Crippen LogP contribution in [0, 0.1) is 0 Å². The molecule has 21 heavy (non-hydrogen) atoms. The van der Waals surface area contributed by atoms with Crippen LogP contribution in [0.2, 0.25) is 0 Å². The SMILES string of the molecule is O=C(O[C@H]1CC[C@H]2[C@H](O)CCCN2C1=O)c1ccccc1. The van der Waals surface area contributed by atoms with Crippen LogP contribution in [0.1, 0.15) is 36.0 Å². The Bertz CT molecular complexity index is 530. The maximum absolute atomic E-state index is 12.4. The average Bonchev–Trinajstić information content (AvgIpc) is 2.51. The van der Waals surface area contributed by atoms with Gasteiger partial charge in [0.05, 0.1) is 17.7 Å². The molecule has 112 valence electrons. The highest BCUT2D eigenvalue weighted by Gasteiger charge is 2.42. The number of esters is 1. The van der Waals surface area contributed by atoms with Gasteiger partial charge in [0, 0.05) is 6.54 Å². The van der Waals surface area contributed by atoms with Gasteiger partial charge in [-0.25, -0.2) is 4.79 Å². The summed E-state index contributed by atoms with van der Waals surface area (Å²) in [5, 5.41) is 9.97. The molecule has 1 aromatic rings. The predicted octanol–water partition coefficient (Wildman–Crippen LogP) is 1.36. The minimum absolute atomic E-state index is 0.113. The molecule has 0 aromatic heterocycles. The van der Waals surface area contributed by atoms with E-state index in [1.807, 2.05) is 6.07 Å². The molecule has 0 radical (unpaired) electrons. The van der Waals surface area contributed by atoms with E-state index in [4.69, 9.17) is 4.74 Å². The highest BCUT2D eigenvalue weighted by molar-refractivity contribution is 5.92. The normalized spacial score (nSPS) is 28.9. The van der Waals surface area contributed by atoms with Gasteiger partial charge in [-0.05, 0) is 37.8 Å². The van der Waals surface area contributed by atoms with Crippen LogP contribution in [0.4, 0.5) is 0 Å². The summed E-state index contributed by atoms with van der Waals surface area (Å²) >= 11 is 0. The first kappa shape index (κ1) is 14.1. The van der Waals surface area contributed by atoms with E-state index in [0.29, 0.717) is 24.9 Å². The van der Waals surface area contributed by atoms with E-state index in [1.165, 1.54) is 0 Å². The van der Waals surface area contributed by atoms with Gasteiger partial charge in [-0.15, -0.1) is 0 Å². The van der Waals surface area contributed by atoms with Gasteiger partial charge in [0.15, 0.2) is 6.10 Å². The second-order valence-electron chi connectivity index (χ2n) is 5.65. The smallest absolute Gasteiger partial charge is 0.338 e. The number of nitrogens with zero attached hydrogens (tertiary/aromatic N) is 1. The van der Waals surface area contributed by atoms with Crippen molar-refractivity contribution in [3.05, 3.63) is 35.9 Å². The Labute approximate surface area is 123 Å². The molecule has 0 unspecified atom stereocenters. The molecule has 0 aliphatic carbocycles. The van der Waals surface area contributed by atoms with E-state index >= 15 is 0 Å². The Balaban J connectivity index is 1.67. The molecule has 0 bridgehead atoms. The Kier molecular flexibility index (Phi) is 3.92. The standard InChI is InChI=1S/C16H19NO4/c18-13-7-4-10-17-12(13)8-9-14(15(17)19)21-16(20)11-5-2-1-3-6-11/h1-3,5-6,12-14,18H,4,7-10H2/t12-,13+,14-/m0/s1. The van der Waals surface area contributed by atoms with Crippen LogP contribution >= 0.6 is 0 Å². The maximum Gasteiger partial charge on any atom is 0.338 e. The van der Waals surface area contributed by atoms with Crippen molar-refractivity contribution < 1.29 is 19.4 Å². The monoisotopic (exact) mass is 289 g/mol. The Morgan fingerprint density at radius 2 is 1.95 bits per heavy atom. The lowest BCUT2D eigenvalue weighted by Crippen LogP contribution is -2.58. The molecule has 1 amide bonds. The number of carbonyl (C=O) groups excluding carboxylic acids is 2. The fourth-order valence-corrected chi connectivity index (χ4v) is 3.17. The number of hydrogen-bond acceptors (Lipinski definition) is 4. The molecule has 2 saturated heterocycles. The summed E-state index contributed by atoms with van der Waals surface area (Å²) in [6.45, 7) is 0.639. The van der Waals surface area contributed by atoms with Gasteiger partial charge in [-0.3, -0.25) is 4.79 Å². The summed E-state index contributed by atoms with van der Waals surface area (Å²) < 4.78 is 5.36. The van der Waals surface area contributed by atoms with Gasteiger partial charge in [-0.2, -0.15) is 0 Å². The van der Waals surface area contributed by atoms with E-state index < -0.39 is 18.2 Å². The first-order valence-electron chi connectivity index (χ1n) is 7.41. The number of amides is 1. The molecule has 3 rings (SSSR count). The van der Waals surface area contributed by atoms with E-state index in [0.717, 1.165) is 12.8 Å². The van der Waals surface area contributed by atoms with E-state index in [1.54, 1.807) is 29.2 Å². The molecule has 0 spiro atoms. The van der Waals surface area contributed by atoms with Crippen molar-refractivity contribution in [1.29, 1.82) is 0 Å². The zero-order chi connectivity index (χ0) is 14.8. The minimum atomic E-state index is -0.723. The number of aliphatic hydroxyl groups is 1. The van der Waals surface area contributed by atoms with E-state index in [2.05, 4.69) is 0 Å². The lowest BCUT2D eigenvalue weighted by atomic mass is 9.89. The highest BCUT2D eigenvalue weighted by atomic mass is 16.5. The lowest BCUT2D eigenvalue weighted by molar-refractivity contribution is -0.155.